The van der Waals surface area contributed by atoms with Crippen LogP contribution in [0.3, 0.4) is 0 Å². The zero-order chi connectivity index (χ0) is 19.5. The van der Waals surface area contributed by atoms with E-state index in [-0.39, 0.29) is 29.6 Å². The number of azide groups is 1. The van der Waals surface area contributed by atoms with Gasteiger partial charge in [-0.2, -0.15) is 0 Å². The summed E-state index contributed by atoms with van der Waals surface area (Å²) in [6.45, 7) is -2.19. The van der Waals surface area contributed by atoms with E-state index in [2.05, 4.69) is 15.0 Å². The van der Waals surface area contributed by atoms with Crippen molar-refractivity contribution in [2.24, 2.45) is 5.28 Å². The molecule has 2 fully saturated rings. The zero-order valence-electron chi connectivity index (χ0n) is 13.3. The first-order valence-corrected chi connectivity index (χ1v) is 7.60. The molecule has 7 N–H and O–H groups in total. The van der Waals surface area contributed by atoms with E-state index in [9.17, 15) is 30.6 Å². The standard InChI is InChI=1S/C12H21N3O11.Na.H/c13-14-15-23-2-5-6(18)8(20)9(21)11(24-5)26-12(3-17)10(22)7(19)4(1-16)25-12;;/h4-11,16-22H,1-3H2;;/t4-,5-,6-,7-,8+,9-,10+,11-,12+;;/m1../s1. The number of nitrogens with zero attached hydrogens (tertiary/aromatic N) is 3. The van der Waals surface area contributed by atoms with Crippen LogP contribution >= 0.6 is 0 Å². The Balaban J connectivity index is 0.00000364. The van der Waals surface area contributed by atoms with Gasteiger partial charge in [-0.15, -0.1) is 0 Å². The average Bonchev–Trinajstić information content (AvgIpc) is 2.88. The van der Waals surface area contributed by atoms with Crippen molar-refractivity contribution in [2.45, 2.75) is 54.8 Å². The van der Waals surface area contributed by atoms with Crippen LogP contribution in [0.25, 0.3) is 10.4 Å². The van der Waals surface area contributed by atoms with Crippen molar-refractivity contribution in [3.8, 4) is 0 Å². The molecule has 2 heterocycles. The van der Waals surface area contributed by atoms with Crippen LogP contribution in [0.1, 0.15) is 0 Å². The minimum atomic E-state index is -2.27. The fourth-order valence-corrected chi connectivity index (χ4v) is 2.75. The molecule has 0 aromatic heterocycles. The number of rotatable bonds is 7. The van der Waals surface area contributed by atoms with E-state index in [0.29, 0.717) is 0 Å². The molecule has 152 valence electrons. The van der Waals surface area contributed by atoms with Crippen molar-refractivity contribution in [3.63, 3.8) is 0 Å². The summed E-state index contributed by atoms with van der Waals surface area (Å²) in [6, 6.07) is 0. The van der Waals surface area contributed by atoms with Crippen LogP contribution < -0.4 is 0 Å². The molecule has 0 aliphatic carbocycles. The molecule has 0 aromatic carbocycles. The van der Waals surface area contributed by atoms with Crippen molar-refractivity contribution < 1.29 is 54.8 Å². The Morgan fingerprint density at radius 3 is 2.19 bits per heavy atom. The molecule has 0 saturated carbocycles. The van der Waals surface area contributed by atoms with Gasteiger partial charge in [-0.1, -0.05) is 0 Å². The number of hydrogen-bond acceptors (Lipinski definition) is 12. The molecule has 0 aromatic rings. The second kappa shape index (κ2) is 10.5. The molecule has 2 saturated heterocycles. The molecular weight excluding hydrogens is 385 g/mol. The van der Waals surface area contributed by atoms with Crippen LogP contribution in [0, 0.1) is 0 Å². The van der Waals surface area contributed by atoms with E-state index in [0.717, 1.165) is 0 Å². The monoisotopic (exact) mass is 407 g/mol. The topological polar surface area (TPSA) is 227 Å². The summed E-state index contributed by atoms with van der Waals surface area (Å²) in [4.78, 5) is 6.82. The Kier molecular flexibility index (Phi) is 9.60. The molecule has 2 aliphatic rings. The van der Waals surface area contributed by atoms with Gasteiger partial charge in [0.05, 0.1) is 6.61 Å². The predicted molar refractivity (Wildman–Crippen MR) is 83.8 cm³/mol. The maximum atomic E-state index is 10.1. The maximum absolute atomic E-state index is 10.1. The summed E-state index contributed by atoms with van der Waals surface area (Å²) in [6.07, 6.45) is -13.0. The number of aliphatic hydroxyl groups is 7. The number of ether oxygens (including phenoxy) is 3. The van der Waals surface area contributed by atoms with Crippen molar-refractivity contribution in [3.05, 3.63) is 10.4 Å². The molecule has 0 bridgehead atoms. The second-order valence-electron chi connectivity index (χ2n) is 5.84. The van der Waals surface area contributed by atoms with Crippen LogP contribution in [0.5, 0.6) is 0 Å². The molecule has 15 heteroatoms. The molecular formula is C12H22N3NaO11. The Hall–Kier alpha value is -0.290. The first kappa shape index (κ1) is 24.7. The van der Waals surface area contributed by atoms with Gasteiger partial charge in [0.2, 0.25) is 5.79 Å². The van der Waals surface area contributed by atoms with E-state index in [4.69, 9.17) is 24.8 Å². The van der Waals surface area contributed by atoms with Crippen molar-refractivity contribution in [2.75, 3.05) is 19.8 Å². The summed E-state index contributed by atoms with van der Waals surface area (Å²) in [5, 5.41) is 71.2. The normalized spacial score (nSPS) is 44.3. The van der Waals surface area contributed by atoms with Gasteiger partial charge in [-0.3, -0.25) is 0 Å². The summed E-state index contributed by atoms with van der Waals surface area (Å²) >= 11 is 0. The SMILES string of the molecule is [N-]=[N+]=NOC[C@H]1O[C@H](O[C@]2(CO)O[C@H](CO)[C@@H](O)[C@@H]2O)[C@H](O)[C@@H](O)[C@@H]1O.[NaH]. The summed E-state index contributed by atoms with van der Waals surface area (Å²) in [5.41, 5.74) is 8.17. The molecule has 2 rings (SSSR count). The molecule has 0 spiro atoms. The Labute approximate surface area is 174 Å². The van der Waals surface area contributed by atoms with Crippen molar-refractivity contribution >= 4 is 29.6 Å². The predicted octanol–water partition coefficient (Wildman–Crippen LogP) is -4.79. The van der Waals surface area contributed by atoms with E-state index in [1.54, 1.807) is 0 Å². The number of hydrogen-bond donors (Lipinski definition) is 7. The molecule has 2 aliphatic heterocycles. The van der Waals surface area contributed by atoms with Crippen LogP contribution in [0.2, 0.25) is 0 Å². The Bertz CT molecular complexity index is 527. The van der Waals surface area contributed by atoms with Crippen LogP contribution in [0.15, 0.2) is 5.28 Å². The van der Waals surface area contributed by atoms with E-state index < -0.39 is 74.6 Å². The van der Waals surface area contributed by atoms with Crippen LogP contribution in [-0.2, 0) is 19.0 Å². The van der Waals surface area contributed by atoms with Gasteiger partial charge in [0.25, 0.3) is 0 Å². The van der Waals surface area contributed by atoms with Crippen LogP contribution in [0.4, 0.5) is 0 Å². The van der Waals surface area contributed by atoms with Crippen molar-refractivity contribution in [1.82, 2.24) is 0 Å². The first-order chi connectivity index (χ1) is 12.3. The molecule has 0 amide bonds. The Morgan fingerprint density at radius 1 is 1.00 bits per heavy atom. The quantitative estimate of drug-likeness (QED) is 0.0696. The Morgan fingerprint density at radius 2 is 1.67 bits per heavy atom. The molecule has 0 unspecified atom stereocenters. The van der Waals surface area contributed by atoms with Gasteiger partial charge in [-0.05, 0) is 5.53 Å². The molecule has 0 radical (unpaired) electrons. The third-order valence-corrected chi connectivity index (χ3v) is 4.22. The second-order valence-corrected chi connectivity index (χ2v) is 5.84. The first-order valence-electron chi connectivity index (χ1n) is 7.60. The average molecular weight is 407 g/mol. The summed E-state index contributed by atoms with van der Waals surface area (Å²) in [7, 11) is 0. The summed E-state index contributed by atoms with van der Waals surface area (Å²) < 4.78 is 15.7. The van der Waals surface area contributed by atoms with Gasteiger partial charge >= 0.3 is 29.6 Å². The molecule has 27 heavy (non-hydrogen) atoms. The van der Waals surface area contributed by atoms with E-state index in [1.165, 1.54) is 0 Å². The summed E-state index contributed by atoms with van der Waals surface area (Å²) in [5.74, 6) is -2.27. The third-order valence-electron chi connectivity index (χ3n) is 4.22. The van der Waals surface area contributed by atoms with Gasteiger partial charge in [0, 0.05) is 4.91 Å². The number of aliphatic hydroxyl groups excluding tert-OH is 7. The van der Waals surface area contributed by atoms with Gasteiger partial charge < -0.3 is 54.8 Å². The fraction of sp³-hybridized carbons (Fsp3) is 1.00. The van der Waals surface area contributed by atoms with Crippen molar-refractivity contribution in [1.29, 1.82) is 0 Å². The van der Waals surface area contributed by atoms with Gasteiger partial charge in [0.1, 0.15) is 61.2 Å². The fourth-order valence-electron chi connectivity index (χ4n) is 2.75. The van der Waals surface area contributed by atoms with Gasteiger partial charge in [0.15, 0.2) is 6.29 Å². The molecule has 9 atom stereocenters. The molecule has 14 nitrogen and oxygen atoms in total. The third kappa shape index (κ3) is 5.01. The zero-order valence-corrected chi connectivity index (χ0v) is 13.3. The van der Waals surface area contributed by atoms with Crippen LogP contribution in [-0.4, -0.2) is 140 Å². The van der Waals surface area contributed by atoms with E-state index in [1.807, 2.05) is 0 Å². The van der Waals surface area contributed by atoms with Gasteiger partial charge in [-0.25, -0.2) is 0 Å². The minimum absolute atomic E-state index is 0. The van der Waals surface area contributed by atoms with E-state index >= 15 is 0 Å².